The fourth-order valence-electron chi connectivity index (χ4n) is 3.42. The van der Waals surface area contributed by atoms with Crippen LogP contribution in [0.5, 0.6) is 0 Å². The molecule has 0 saturated carbocycles. The van der Waals surface area contributed by atoms with Crippen molar-refractivity contribution in [2.75, 3.05) is 0 Å². The second-order valence-electron chi connectivity index (χ2n) is 7.30. The van der Waals surface area contributed by atoms with Crippen LogP contribution in [0, 0.1) is 11.6 Å². The predicted octanol–water partition coefficient (Wildman–Crippen LogP) is 7.43. The first-order valence-electron chi connectivity index (χ1n) is 9.86. The van der Waals surface area contributed by atoms with Gasteiger partial charge in [-0.05, 0) is 53.1 Å². The first-order chi connectivity index (χ1) is 13.6. The second-order valence-corrected chi connectivity index (χ2v) is 7.30. The van der Waals surface area contributed by atoms with Crippen molar-refractivity contribution in [2.45, 2.75) is 39.0 Å². The van der Waals surface area contributed by atoms with Gasteiger partial charge in [-0.2, -0.15) is 0 Å². The minimum absolute atomic E-state index is 0.177. The topological polar surface area (TPSA) is 0 Å². The zero-order valence-electron chi connectivity index (χ0n) is 16.5. The maximum Gasteiger partial charge on any atom is 0.129 e. The van der Waals surface area contributed by atoms with E-state index in [4.69, 9.17) is 0 Å². The molecular formula is C26H26F2. The maximum absolute atomic E-state index is 14.1. The summed E-state index contributed by atoms with van der Waals surface area (Å²) in [6.07, 6.45) is 5.76. The lowest BCUT2D eigenvalue weighted by molar-refractivity contribution is 0.552. The SMILES string of the molecule is CCCc1c(F)cc(/C=C/c2ccc(CC(C)c3ccccc3)cc2)cc1F. The molecule has 3 rings (SSSR count). The molecule has 3 aromatic rings. The molecule has 0 bridgehead atoms. The molecular weight excluding hydrogens is 350 g/mol. The Bertz CT molecular complexity index is 901. The standard InChI is InChI=1S/C26H26F2/c1-3-7-24-25(27)17-22(18-26(24)28)15-12-20-10-13-21(14-11-20)16-19(2)23-8-5-4-6-9-23/h4-6,8-15,17-19H,3,7,16H2,1-2H3/b15-12+. The second kappa shape index (κ2) is 9.45. The minimum Gasteiger partial charge on any atom is -0.207 e. The van der Waals surface area contributed by atoms with Crippen LogP contribution in [0.3, 0.4) is 0 Å². The quantitative estimate of drug-likeness (QED) is 0.376. The average molecular weight is 376 g/mol. The zero-order chi connectivity index (χ0) is 19.9. The normalized spacial score (nSPS) is 12.4. The number of hydrogen-bond acceptors (Lipinski definition) is 0. The highest BCUT2D eigenvalue weighted by Gasteiger charge is 2.09. The van der Waals surface area contributed by atoms with Crippen LogP contribution >= 0.6 is 0 Å². The third kappa shape index (κ3) is 5.16. The molecule has 0 aliphatic carbocycles. The van der Waals surface area contributed by atoms with Gasteiger partial charge in [0.25, 0.3) is 0 Å². The molecule has 1 unspecified atom stereocenters. The largest absolute Gasteiger partial charge is 0.207 e. The Labute approximate surface area is 166 Å². The van der Waals surface area contributed by atoms with Crippen LogP contribution in [0.4, 0.5) is 8.78 Å². The van der Waals surface area contributed by atoms with E-state index in [-0.39, 0.29) is 5.56 Å². The van der Waals surface area contributed by atoms with Gasteiger partial charge in [-0.3, -0.25) is 0 Å². The van der Waals surface area contributed by atoms with Crippen molar-refractivity contribution in [3.05, 3.63) is 106 Å². The van der Waals surface area contributed by atoms with E-state index in [9.17, 15) is 8.78 Å². The van der Waals surface area contributed by atoms with Gasteiger partial charge < -0.3 is 0 Å². The van der Waals surface area contributed by atoms with Crippen LogP contribution < -0.4 is 0 Å². The first-order valence-corrected chi connectivity index (χ1v) is 9.86. The number of rotatable bonds is 7. The van der Waals surface area contributed by atoms with E-state index in [2.05, 4.69) is 43.3 Å². The highest BCUT2D eigenvalue weighted by Crippen LogP contribution is 2.22. The molecule has 0 saturated heterocycles. The van der Waals surface area contributed by atoms with Gasteiger partial charge in [0, 0.05) is 5.56 Å². The molecule has 0 aliphatic heterocycles. The zero-order valence-corrected chi connectivity index (χ0v) is 16.5. The van der Waals surface area contributed by atoms with E-state index in [0.29, 0.717) is 17.9 Å². The maximum atomic E-state index is 14.1. The molecule has 0 N–H and O–H groups in total. The Kier molecular flexibility index (Phi) is 6.76. The number of hydrogen-bond donors (Lipinski definition) is 0. The number of benzene rings is 3. The summed E-state index contributed by atoms with van der Waals surface area (Å²) in [6, 6.07) is 21.6. The van der Waals surface area contributed by atoms with Gasteiger partial charge in [-0.1, -0.05) is 87.0 Å². The van der Waals surface area contributed by atoms with Crippen molar-refractivity contribution in [1.82, 2.24) is 0 Å². The van der Waals surface area contributed by atoms with Gasteiger partial charge >= 0.3 is 0 Å². The van der Waals surface area contributed by atoms with Crippen molar-refractivity contribution >= 4 is 12.2 Å². The van der Waals surface area contributed by atoms with Crippen LogP contribution in [-0.2, 0) is 12.8 Å². The molecule has 0 aliphatic rings. The Morgan fingerprint density at radius 2 is 1.43 bits per heavy atom. The van der Waals surface area contributed by atoms with Crippen molar-refractivity contribution < 1.29 is 8.78 Å². The Balaban J connectivity index is 1.67. The fraction of sp³-hybridized carbons (Fsp3) is 0.231. The van der Waals surface area contributed by atoms with Gasteiger partial charge in [0.2, 0.25) is 0 Å². The summed E-state index contributed by atoms with van der Waals surface area (Å²) in [4.78, 5) is 0. The van der Waals surface area contributed by atoms with E-state index >= 15 is 0 Å². The molecule has 0 heterocycles. The van der Waals surface area contributed by atoms with E-state index in [1.807, 2.05) is 31.2 Å². The lowest BCUT2D eigenvalue weighted by Crippen LogP contribution is -1.98. The van der Waals surface area contributed by atoms with Crippen LogP contribution in [0.15, 0.2) is 66.7 Å². The van der Waals surface area contributed by atoms with E-state index in [1.165, 1.54) is 23.3 Å². The summed E-state index contributed by atoms with van der Waals surface area (Å²) in [6.45, 7) is 4.14. The van der Waals surface area contributed by atoms with Crippen LogP contribution in [-0.4, -0.2) is 0 Å². The summed E-state index contributed by atoms with van der Waals surface area (Å²) in [7, 11) is 0. The smallest absolute Gasteiger partial charge is 0.129 e. The minimum atomic E-state index is -0.466. The van der Waals surface area contributed by atoms with Crippen molar-refractivity contribution in [3.8, 4) is 0 Å². The molecule has 144 valence electrons. The summed E-state index contributed by atoms with van der Waals surface area (Å²) in [5.41, 5.74) is 4.33. The van der Waals surface area contributed by atoms with Crippen molar-refractivity contribution in [3.63, 3.8) is 0 Å². The highest BCUT2D eigenvalue weighted by molar-refractivity contribution is 5.69. The fourth-order valence-corrected chi connectivity index (χ4v) is 3.42. The Morgan fingerprint density at radius 3 is 2.04 bits per heavy atom. The van der Waals surface area contributed by atoms with Gasteiger partial charge in [0.1, 0.15) is 11.6 Å². The number of halogens is 2. The van der Waals surface area contributed by atoms with E-state index in [0.717, 1.165) is 18.4 Å². The van der Waals surface area contributed by atoms with Crippen molar-refractivity contribution in [2.24, 2.45) is 0 Å². The molecule has 1 atom stereocenters. The van der Waals surface area contributed by atoms with Gasteiger partial charge in [-0.15, -0.1) is 0 Å². The molecule has 2 heteroatoms. The van der Waals surface area contributed by atoms with Crippen LogP contribution in [0.25, 0.3) is 12.2 Å². The van der Waals surface area contributed by atoms with Crippen LogP contribution in [0.1, 0.15) is 54.0 Å². The summed E-state index contributed by atoms with van der Waals surface area (Å²) >= 11 is 0. The molecule has 0 amide bonds. The third-order valence-corrected chi connectivity index (χ3v) is 5.02. The molecule has 0 aromatic heterocycles. The van der Waals surface area contributed by atoms with Crippen LogP contribution in [0.2, 0.25) is 0 Å². The van der Waals surface area contributed by atoms with Gasteiger partial charge in [0.15, 0.2) is 0 Å². The van der Waals surface area contributed by atoms with E-state index in [1.54, 1.807) is 6.08 Å². The first kappa shape index (κ1) is 20.0. The van der Waals surface area contributed by atoms with Gasteiger partial charge in [-0.25, -0.2) is 8.78 Å². The molecule has 0 radical (unpaired) electrons. The molecule has 28 heavy (non-hydrogen) atoms. The predicted molar refractivity (Wildman–Crippen MR) is 114 cm³/mol. The highest BCUT2D eigenvalue weighted by atomic mass is 19.1. The molecule has 3 aromatic carbocycles. The van der Waals surface area contributed by atoms with Crippen molar-refractivity contribution in [1.29, 1.82) is 0 Å². The Morgan fingerprint density at radius 1 is 0.821 bits per heavy atom. The van der Waals surface area contributed by atoms with Gasteiger partial charge in [0.05, 0.1) is 0 Å². The van der Waals surface area contributed by atoms with E-state index < -0.39 is 11.6 Å². The third-order valence-electron chi connectivity index (χ3n) is 5.02. The molecule has 0 fully saturated rings. The monoisotopic (exact) mass is 376 g/mol. The summed E-state index contributed by atoms with van der Waals surface area (Å²) in [5.74, 6) is -0.478. The Hall–Kier alpha value is -2.74. The summed E-state index contributed by atoms with van der Waals surface area (Å²) in [5, 5.41) is 0. The lowest BCUT2D eigenvalue weighted by Gasteiger charge is -2.12. The lowest BCUT2D eigenvalue weighted by atomic mass is 9.93. The molecule has 0 spiro atoms. The molecule has 0 nitrogen and oxygen atoms in total. The average Bonchev–Trinajstić information content (AvgIpc) is 2.71. The summed E-state index contributed by atoms with van der Waals surface area (Å²) < 4.78 is 28.1.